The molecule has 3 nitrogen and oxygen atoms in total. The van der Waals surface area contributed by atoms with E-state index in [9.17, 15) is 4.79 Å². The molecular formula is C20H24N2O. The average molecular weight is 308 g/mol. The predicted molar refractivity (Wildman–Crippen MR) is 94.3 cm³/mol. The zero-order chi connectivity index (χ0) is 16.2. The van der Waals surface area contributed by atoms with Crippen molar-refractivity contribution in [3.8, 4) is 0 Å². The molecule has 0 spiro atoms. The first kappa shape index (κ1) is 15.8. The van der Waals surface area contributed by atoms with Crippen LogP contribution >= 0.6 is 0 Å². The summed E-state index contributed by atoms with van der Waals surface area (Å²) in [6.45, 7) is 4.03. The molecule has 0 bridgehead atoms. The molecule has 2 aromatic carbocycles. The largest absolute Gasteiger partial charge is 0.325 e. The Kier molecular flexibility index (Phi) is 4.77. The van der Waals surface area contributed by atoms with Gasteiger partial charge in [-0.2, -0.15) is 0 Å². The number of benzene rings is 2. The predicted octanol–water partition coefficient (Wildman–Crippen LogP) is 4.06. The fourth-order valence-electron chi connectivity index (χ4n) is 2.82. The topological polar surface area (TPSA) is 41.1 Å². The molecule has 3 rings (SSSR count). The minimum Gasteiger partial charge on any atom is -0.325 e. The lowest BCUT2D eigenvalue weighted by Gasteiger charge is -2.23. The molecule has 2 aromatic rings. The molecular weight excluding hydrogens is 284 g/mol. The van der Waals surface area contributed by atoms with E-state index in [1.54, 1.807) is 0 Å². The van der Waals surface area contributed by atoms with Crippen LogP contribution in [-0.4, -0.2) is 11.9 Å². The zero-order valence-electron chi connectivity index (χ0n) is 13.8. The Morgan fingerprint density at radius 3 is 2.30 bits per heavy atom. The Hall–Kier alpha value is -2.13. The van der Waals surface area contributed by atoms with Crippen molar-refractivity contribution in [1.29, 1.82) is 0 Å². The van der Waals surface area contributed by atoms with Crippen LogP contribution in [0.1, 0.15) is 36.9 Å². The van der Waals surface area contributed by atoms with Crippen molar-refractivity contribution >= 4 is 11.6 Å². The quantitative estimate of drug-likeness (QED) is 0.845. The Morgan fingerprint density at radius 2 is 1.70 bits per heavy atom. The number of carbonyl (C=O) groups is 1. The minimum atomic E-state index is -0.234. The summed E-state index contributed by atoms with van der Waals surface area (Å²) >= 11 is 0. The molecule has 0 saturated heterocycles. The van der Waals surface area contributed by atoms with Crippen molar-refractivity contribution in [1.82, 2.24) is 5.32 Å². The van der Waals surface area contributed by atoms with E-state index >= 15 is 0 Å². The number of hydrogen-bond donors (Lipinski definition) is 2. The van der Waals surface area contributed by atoms with Gasteiger partial charge in [0.2, 0.25) is 5.91 Å². The molecule has 0 heterocycles. The van der Waals surface area contributed by atoms with Gasteiger partial charge in [-0.1, -0.05) is 48.0 Å². The molecule has 1 amide bonds. The summed E-state index contributed by atoms with van der Waals surface area (Å²) in [7, 11) is 0. The van der Waals surface area contributed by atoms with Gasteiger partial charge in [-0.15, -0.1) is 0 Å². The van der Waals surface area contributed by atoms with Gasteiger partial charge in [0.25, 0.3) is 0 Å². The lowest BCUT2D eigenvalue weighted by atomic mass is 10.00. The van der Waals surface area contributed by atoms with E-state index in [1.165, 1.54) is 24.0 Å². The Bertz CT molecular complexity index is 647. The minimum absolute atomic E-state index is 0.00830. The van der Waals surface area contributed by atoms with Crippen molar-refractivity contribution in [3.63, 3.8) is 0 Å². The monoisotopic (exact) mass is 308 g/mol. The highest BCUT2D eigenvalue weighted by Crippen LogP contribution is 2.41. The maximum atomic E-state index is 12.4. The molecule has 23 heavy (non-hydrogen) atoms. The van der Waals surface area contributed by atoms with Crippen molar-refractivity contribution < 1.29 is 4.79 Å². The number of rotatable bonds is 6. The summed E-state index contributed by atoms with van der Waals surface area (Å²) in [6.07, 6.45) is 2.47. The van der Waals surface area contributed by atoms with Crippen LogP contribution in [-0.2, 0) is 4.79 Å². The molecule has 2 atom stereocenters. The number of para-hydroxylation sites is 1. The van der Waals surface area contributed by atoms with E-state index in [0.29, 0.717) is 5.92 Å². The fraction of sp³-hybridized carbons (Fsp3) is 0.350. The number of carbonyl (C=O) groups excluding carboxylic acids is 1. The number of hydrogen-bond acceptors (Lipinski definition) is 2. The van der Waals surface area contributed by atoms with Crippen LogP contribution in [0.15, 0.2) is 54.6 Å². The van der Waals surface area contributed by atoms with Crippen molar-refractivity contribution in [2.24, 2.45) is 5.92 Å². The van der Waals surface area contributed by atoms with E-state index in [0.717, 1.165) is 5.69 Å². The van der Waals surface area contributed by atoms with E-state index in [-0.39, 0.29) is 18.0 Å². The SMILES string of the molecule is Cc1ccc(C(NC(C)C(=O)Nc2ccccc2)C2CC2)cc1. The second-order valence-electron chi connectivity index (χ2n) is 6.47. The first-order valence-electron chi connectivity index (χ1n) is 8.32. The fourth-order valence-corrected chi connectivity index (χ4v) is 2.82. The smallest absolute Gasteiger partial charge is 0.241 e. The van der Waals surface area contributed by atoms with Crippen LogP contribution in [0, 0.1) is 12.8 Å². The molecule has 2 unspecified atom stereocenters. The molecule has 1 saturated carbocycles. The summed E-state index contributed by atoms with van der Waals surface area (Å²) < 4.78 is 0. The van der Waals surface area contributed by atoms with E-state index in [2.05, 4.69) is 41.8 Å². The van der Waals surface area contributed by atoms with Crippen LogP contribution < -0.4 is 10.6 Å². The Morgan fingerprint density at radius 1 is 1.04 bits per heavy atom. The highest BCUT2D eigenvalue weighted by molar-refractivity contribution is 5.94. The molecule has 2 N–H and O–H groups in total. The van der Waals surface area contributed by atoms with Gasteiger partial charge in [0.1, 0.15) is 0 Å². The highest BCUT2D eigenvalue weighted by Gasteiger charge is 2.33. The Balaban J connectivity index is 1.65. The number of amides is 1. The van der Waals surface area contributed by atoms with Gasteiger partial charge in [0.05, 0.1) is 6.04 Å². The Labute approximate surface area is 138 Å². The third-order valence-corrected chi connectivity index (χ3v) is 4.39. The van der Waals surface area contributed by atoms with Gasteiger partial charge in [-0.05, 0) is 50.3 Å². The third kappa shape index (κ3) is 4.20. The lowest BCUT2D eigenvalue weighted by Crippen LogP contribution is -2.40. The summed E-state index contributed by atoms with van der Waals surface area (Å²) in [5, 5.41) is 6.49. The normalized spacial score (nSPS) is 16.6. The van der Waals surface area contributed by atoms with E-state index in [1.807, 2.05) is 37.3 Å². The van der Waals surface area contributed by atoms with Gasteiger partial charge >= 0.3 is 0 Å². The summed E-state index contributed by atoms with van der Waals surface area (Å²) in [5.74, 6) is 0.652. The van der Waals surface area contributed by atoms with Gasteiger partial charge in [0, 0.05) is 11.7 Å². The molecule has 1 aliphatic carbocycles. The summed E-state index contributed by atoms with van der Waals surface area (Å²) in [4.78, 5) is 12.4. The average Bonchev–Trinajstić information content (AvgIpc) is 3.39. The second kappa shape index (κ2) is 6.97. The van der Waals surface area contributed by atoms with Crippen molar-refractivity contribution in [2.45, 2.75) is 38.8 Å². The molecule has 120 valence electrons. The third-order valence-electron chi connectivity index (χ3n) is 4.39. The van der Waals surface area contributed by atoms with Crippen LogP contribution in [0.5, 0.6) is 0 Å². The number of aryl methyl sites for hydroxylation is 1. The summed E-state index contributed by atoms with van der Waals surface area (Å²) in [5.41, 5.74) is 3.38. The van der Waals surface area contributed by atoms with Crippen molar-refractivity contribution in [3.05, 3.63) is 65.7 Å². The first-order chi connectivity index (χ1) is 11.1. The zero-order valence-corrected chi connectivity index (χ0v) is 13.8. The van der Waals surface area contributed by atoms with Crippen LogP contribution in [0.2, 0.25) is 0 Å². The van der Waals surface area contributed by atoms with Gasteiger partial charge in [-0.25, -0.2) is 0 Å². The van der Waals surface area contributed by atoms with Crippen LogP contribution in [0.3, 0.4) is 0 Å². The van der Waals surface area contributed by atoms with Crippen LogP contribution in [0.25, 0.3) is 0 Å². The first-order valence-corrected chi connectivity index (χ1v) is 8.32. The molecule has 0 aromatic heterocycles. The van der Waals surface area contributed by atoms with Gasteiger partial charge in [0.15, 0.2) is 0 Å². The second-order valence-corrected chi connectivity index (χ2v) is 6.47. The maximum absolute atomic E-state index is 12.4. The molecule has 0 aliphatic heterocycles. The van der Waals surface area contributed by atoms with Crippen molar-refractivity contribution in [2.75, 3.05) is 5.32 Å². The molecule has 0 radical (unpaired) electrons. The molecule has 3 heteroatoms. The van der Waals surface area contributed by atoms with E-state index < -0.39 is 0 Å². The van der Waals surface area contributed by atoms with Crippen LogP contribution in [0.4, 0.5) is 5.69 Å². The molecule has 1 aliphatic rings. The van der Waals surface area contributed by atoms with E-state index in [4.69, 9.17) is 0 Å². The highest BCUT2D eigenvalue weighted by atomic mass is 16.2. The number of nitrogens with one attached hydrogen (secondary N) is 2. The lowest BCUT2D eigenvalue weighted by molar-refractivity contribution is -0.118. The van der Waals surface area contributed by atoms with Gasteiger partial charge < -0.3 is 5.32 Å². The maximum Gasteiger partial charge on any atom is 0.241 e. The van der Waals surface area contributed by atoms with Gasteiger partial charge in [-0.3, -0.25) is 10.1 Å². The molecule has 1 fully saturated rings. The summed E-state index contributed by atoms with van der Waals surface area (Å²) in [6, 6.07) is 18.3. The standard InChI is InChI=1S/C20H24N2O/c1-14-8-10-16(11-9-14)19(17-12-13-17)21-15(2)20(23)22-18-6-4-3-5-7-18/h3-11,15,17,19,21H,12-13H2,1-2H3,(H,22,23). The number of anilines is 1.